The van der Waals surface area contributed by atoms with E-state index >= 15 is 0 Å². The molecule has 4 N–H and O–H groups in total. The third-order valence-corrected chi connectivity index (χ3v) is 4.51. The Hall–Kier alpha value is -1.26. The lowest BCUT2D eigenvalue weighted by atomic mass is 9.84. The molecular formula is C15H21NO3. The standard InChI is InChI=1S/C15H21NO3/c17-13-8-6-10-11(15(13)19)5-7-12(14(10)18)16-9-3-1-2-4-9/h6,8-9,12,14,16-19H,1-5,7H2/t12-,14-/m1/s1. The van der Waals surface area contributed by atoms with Gasteiger partial charge >= 0.3 is 0 Å². The molecule has 2 aliphatic carbocycles. The van der Waals surface area contributed by atoms with E-state index < -0.39 is 6.10 Å². The summed E-state index contributed by atoms with van der Waals surface area (Å²) in [6.07, 6.45) is 5.81. The number of benzene rings is 1. The zero-order valence-electron chi connectivity index (χ0n) is 11.0. The predicted octanol–water partition coefficient (Wildman–Crippen LogP) is 1.98. The number of aliphatic hydroxyl groups excluding tert-OH is 1. The monoisotopic (exact) mass is 263 g/mol. The number of phenols is 2. The summed E-state index contributed by atoms with van der Waals surface area (Å²) in [4.78, 5) is 0. The van der Waals surface area contributed by atoms with Crippen LogP contribution in [0.3, 0.4) is 0 Å². The van der Waals surface area contributed by atoms with Gasteiger partial charge in [-0.2, -0.15) is 0 Å². The first-order chi connectivity index (χ1) is 9.16. The molecule has 1 fully saturated rings. The summed E-state index contributed by atoms with van der Waals surface area (Å²) in [5.74, 6) is -0.177. The molecule has 2 atom stereocenters. The van der Waals surface area contributed by atoms with Crippen molar-refractivity contribution in [2.24, 2.45) is 0 Å². The van der Waals surface area contributed by atoms with Crippen LogP contribution >= 0.6 is 0 Å². The van der Waals surface area contributed by atoms with Crippen molar-refractivity contribution in [3.63, 3.8) is 0 Å². The van der Waals surface area contributed by atoms with Gasteiger partial charge < -0.3 is 20.6 Å². The summed E-state index contributed by atoms with van der Waals surface area (Å²) in [7, 11) is 0. The van der Waals surface area contributed by atoms with Gasteiger partial charge in [0.2, 0.25) is 0 Å². The van der Waals surface area contributed by atoms with Crippen LogP contribution in [0.15, 0.2) is 12.1 Å². The van der Waals surface area contributed by atoms with Crippen LogP contribution in [-0.2, 0) is 6.42 Å². The zero-order valence-corrected chi connectivity index (χ0v) is 11.0. The fourth-order valence-electron chi connectivity index (χ4n) is 3.42. The average molecular weight is 263 g/mol. The summed E-state index contributed by atoms with van der Waals surface area (Å²) in [5, 5.41) is 33.4. The molecule has 0 radical (unpaired) electrons. The first-order valence-corrected chi connectivity index (χ1v) is 7.14. The summed E-state index contributed by atoms with van der Waals surface area (Å²) < 4.78 is 0. The predicted molar refractivity (Wildman–Crippen MR) is 72.2 cm³/mol. The largest absolute Gasteiger partial charge is 0.504 e. The van der Waals surface area contributed by atoms with Gasteiger partial charge in [-0.25, -0.2) is 0 Å². The van der Waals surface area contributed by atoms with Crippen molar-refractivity contribution >= 4 is 0 Å². The summed E-state index contributed by atoms with van der Waals surface area (Å²) in [6, 6.07) is 3.75. The second-order valence-electron chi connectivity index (χ2n) is 5.74. The van der Waals surface area contributed by atoms with Gasteiger partial charge in [0.05, 0.1) is 6.10 Å². The van der Waals surface area contributed by atoms with Gasteiger partial charge in [-0.1, -0.05) is 18.9 Å². The molecule has 0 spiro atoms. The molecule has 3 rings (SSSR count). The second-order valence-corrected chi connectivity index (χ2v) is 5.74. The first-order valence-electron chi connectivity index (χ1n) is 7.14. The molecular weight excluding hydrogens is 242 g/mol. The van der Waals surface area contributed by atoms with Gasteiger partial charge in [-0.15, -0.1) is 0 Å². The second kappa shape index (κ2) is 5.02. The molecule has 0 aromatic heterocycles. The Morgan fingerprint density at radius 2 is 1.79 bits per heavy atom. The lowest BCUT2D eigenvalue weighted by molar-refractivity contribution is 0.107. The Morgan fingerprint density at radius 1 is 1.05 bits per heavy atom. The van der Waals surface area contributed by atoms with Crippen LogP contribution in [0.2, 0.25) is 0 Å². The Morgan fingerprint density at radius 3 is 2.53 bits per heavy atom. The van der Waals surface area contributed by atoms with E-state index in [1.54, 1.807) is 6.07 Å². The van der Waals surface area contributed by atoms with Gasteiger partial charge in [-0.05, 0) is 37.3 Å². The molecule has 104 valence electrons. The number of hydrogen-bond acceptors (Lipinski definition) is 4. The number of rotatable bonds is 2. The smallest absolute Gasteiger partial charge is 0.161 e. The van der Waals surface area contributed by atoms with Crippen LogP contribution in [0.4, 0.5) is 0 Å². The molecule has 19 heavy (non-hydrogen) atoms. The van der Waals surface area contributed by atoms with Gasteiger partial charge in [-0.3, -0.25) is 0 Å². The lowest BCUT2D eigenvalue weighted by Crippen LogP contribution is -2.43. The third kappa shape index (κ3) is 2.30. The maximum absolute atomic E-state index is 10.4. The van der Waals surface area contributed by atoms with Crippen LogP contribution in [0, 0.1) is 0 Å². The van der Waals surface area contributed by atoms with Crippen molar-refractivity contribution in [1.29, 1.82) is 0 Å². The minimum absolute atomic E-state index is 0.0551. The number of phenolic OH excluding ortho intramolecular Hbond substituents is 2. The van der Waals surface area contributed by atoms with Gasteiger partial charge in [0.1, 0.15) is 0 Å². The molecule has 0 heterocycles. The number of aliphatic hydroxyl groups is 1. The van der Waals surface area contributed by atoms with E-state index in [2.05, 4.69) is 5.32 Å². The highest BCUT2D eigenvalue weighted by atomic mass is 16.3. The van der Waals surface area contributed by atoms with E-state index in [4.69, 9.17) is 0 Å². The highest BCUT2D eigenvalue weighted by Gasteiger charge is 2.32. The van der Waals surface area contributed by atoms with E-state index in [-0.39, 0.29) is 17.5 Å². The molecule has 2 aliphatic rings. The molecule has 0 bridgehead atoms. The zero-order chi connectivity index (χ0) is 13.4. The molecule has 4 nitrogen and oxygen atoms in total. The highest BCUT2D eigenvalue weighted by Crippen LogP contribution is 2.40. The van der Waals surface area contributed by atoms with Crippen molar-refractivity contribution in [2.75, 3.05) is 0 Å². The minimum atomic E-state index is -0.601. The van der Waals surface area contributed by atoms with Crippen LogP contribution in [0.1, 0.15) is 49.3 Å². The van der Waals surface area contributed by atoms with Crippen molar-refractivity contribution in [3.05, 3.63) is 23.3 Å². The van der Waals surface area contributed by atoms with E-state index in [0.29, 0.717) is 18.0 Å². The summed E-state index contributed by atoms with van der Waals surface area (Å²) in [5.41, 5.74) is 1.44. The van der Waals surface area contributed by atoms with E-state index in [0.717, 1.165) is 12.0 Å². The van der Waals surface area contributed by atoms with Crippen molar-refractivity contribution in [3.8, 4) is 11.5 Å². The van der Waals surface area contributed by atoms with Crippen LogP contribution in [0.25, 0.3) is 0 Å². The molecule has 0 saturated heterocycles. The molecule has 0 aliphatic heterocycles. The molecule has 0 unspecified atom stereocenters. The molecule has 0 amide bonds. The third-order valence-electron chi connectivity index (χ3n) is 4.51. The SMILES string of the molecule is Oc1ccc2c(c1O)CC[C@@H](NC1CCCC1)[C@@H]2O. The van der Waals surface area contributed by atoms with Crippen molar-refractivity contribution < 1.29 is 15.3 Å². The Bertz CT molecular complexity index is 469. The molecule has 1 aromatic carbocycles. The summed E-state index contributed by atoms with van der Waals surface area (Å²) >= 11 is 0. The van der Waals surface area contributed by atoms with Crippen molar-refractivity contribution in [1.82, 2.24) is 5.32 Å². The maximum Gasteiger partial charge on any atom is 0.161 e. The quantitative estimate of drug-likeness (QED) is 0.616. The first kappa shape index (κ1) is 12.8. The van der Waals surface area contributed by atoms with Crippen molar-refractivity contribution in [2.45, 2.75) is 56.7 Å². The average Bonchev–Trinajstić information content (AvgIpc) is 2.90. The van der Waals surface area contributed by atoms with Gasteiger partial charge in [0.15, 0.2) is 11.5 Å². The number of fused-ring (bicyclic) bond motifs is 1. The van der Waals surface area contributed by atoms with Crippen LogP contribution < -0.4 is 5.32 Å². The fraction of sp³-hybridized carbons (Fsp3) is 0.600. The lowest BCUT2D eigenvalue weighted by Gasteiger charge is -2.33. The van der Waals surface area contributed by atoms with Crippen LogP contribution in [-0.4, -0.2) is 27.4 Å². The maximum atomic E-state index is 10.4. The molecule has 1 aromatic rings. The highest BCUT2D eigenvalue weighted by molar-refractivity contribution is 5.51. The van der Waals surface area contributed by atoms with Gasteiger partial charge in [0, 0.05) is 17.6 Å². The molecule has 4 heteroatoms. The normalized spacial score (nSPS) is 27.4. The Balaban J connectivity index is 1.79. The van der Waals surface area contributed by atoms with Gasteiger partial charge in [0.25, 0.3) is 0 Å². The molecule has 1 saturated carbocycles. The van der Waals surface area contributed by atoms with Crippen LogP contribution in [0.5, 0.6) is 11.5 Å². The van der Waals surface area contributed by atoms with E-state index in [9.17, 15) is 15.3 Å². The summed E-state index contributed by atoms with van der Waals surface area (Å²) in [6.45, 7) is 0. The van der Waals surface area contributed by atoms with E-state index in [1.165, 1.54) is 31.7 Å². The Labute approximate surface area is 113 Å². The number of hydrogen-bond donors (Lipinski definition) is 4. The Kier molecular flexibility index (Phi) is 3.37. The minimum Gasteiger partial charge on any atom is -0.504 e. The number of nitrogens with one attached hydrogen (secondary N) is 1. The van der Waals surface area contributed by atoms with E-state index in [1.807, 2.05) is 0 Å². The number of aromatic hydroxyl groups is 2. The topological polar surface area (TPSA) is 72.7 Å². The fourth-order valence-corrected chi connectivity index (χ4v) is 3.42.